The van der Waals surface area contributed by atoms with Crippen LogP contribution in [0.5, 0.6) is 0 Å². The monoisotopic (exact) mass is 599 g/mol. The van der Waals surface area contributed by atoms with Crippen molar-refractivity contribution < 1.29 is 0 Å². The van der Waals surface area contributed by atoms with Gasteiger partial charge in [0.2, 0.25) is 0 Å². The maximum Gasteiger partial charge on any atom is 0.164 e. The van der Waals surface area contributed by atoms with Crippen molar-refractivity contribution >= 4 is 32.6 Å². The molecule has 2 heterocycles. The van der Waals surface area contributed by atoms with Gasteiger partial charge < -0.3 is 0 Å². The summed E-state index contributed by atoms with van der Waals surface area (Å²) in [7, 11) is 0. The number of hydrogen-bond acceptors (Lipinski definition) is 2. The van der Waals surface area contributed by atoms with Gasteiger partial charge in [0.05, 0.1) is 11.0 Å². The molecule has 220 valence electrons. The standard InChI is InChI=1S/C44H29N3/c1-4-14-30(15-5-1)42-35-20-10-11-21-36(35)43(31-16-6-2-7-17-31)38-28-32(23-25-37(38)42)33-24-26-41-40(29-33)46-44(39-22-12-13-27-45-39)47(41)34-18-8-3-9-19-34/h1-29H. The quantitative estimate of drug-likeness (QED) is 0.184. The lowest BCUT2D eigenvalue weighted by atomic mass is 9.85. The molecule has 0 unspecified atom stereocenters. The molecule has 2 aromatic heterocycles. The van der Waals surface area contributed by atoms with E-state index in [1.165, 1.54) is 43.8 Å². The maximum atomic E-state index is 5.17. The SMILES string of the molecule is c1ccc(-c2c3ccccc3c(-c3ccccc3)c3cc(-c4ccc5c(c4)nc(-c4ccccn4)n5-c4ccccc4)ccc23)cc1. The van der Waals surface area contributed by atoms with E-state index in [9.17, 15) is 0 Å². The first-order valence-corrected chi connectivity index (χ1v) is 15.9. The van der Waals surface area contributed by atoms with Crippen molar-refractivity contribution in [3.63, 3.8) is 0 Å². The predicted molar refractivity (Wildman–Crippen MR) is 196 cm³/mol. The molecule has 0 radical (unpaired) electrons. The molecule has 0 spiro atoms. The molecule has 7 aromatic carbocycles. The van der Waals surface area contributed by atoms with E-state index in [1.54, 1.807) is 0 Å². The molecule has 3 heteroatoms. The summed E-state index contributed by atoms with van der Waals surface area (Å²) in [6.07, 6.45) is 1.82. The van der Waals surface area contributed by atoms with Gasteiger partial charge in [0.15, 0.2) is 5.82 Å². The summed E-state index contributed by atoms with van der Waals surface area (Å²) in [5, 5.41) is 4.98. The van der Waals surface area contributed by atoms with E-state index in [-0.39, 0.29) is 0 Å². The molecular formula is C44H29N3. The third-order valence-electron chi connectivity index (χ3n) is 9.05. The topological polar surface area (TPSA) is 30.7 Å². The van der Waals surface area contributed by atoms with Crippen LogP contribution in [0.4, 0.5) is 0 Å². The van der Waals surface area contributed by atoms with Gasteiger partial charge >= 0.3 is 0 Å². The first-order valence-electron chi connectivity index (χ1n) is 15.9. The minimum absolute atomic E-state index is 0.827. The van der Waals surface area contributed by atoms with E-state index < -0.39 is 0 Å². The van der Waals surface area contributed by atoms with E-state index in [0.717, 1.165) is 39.4 Å². The zero-order chi connectivity index (χ0) is 31.2. The number of pyridine rings is 1. The molecule has 47 heavy (non-hydrogen) atoms. The van der Waals surface area contributed by atoms with Crippen LogP contribution in [0.2, 0.25) is 0 Å². The Morgan fingerprint density at radius 2 is 0.957 bits per heavy atom. The molecule has 0 atom stereocenters. The molecule has 3 nitrogen and oxygen atoms in total. The average Bonchev–Trinajstić information content (AvgIpc) is 3.54. The van der Waals surface area contributed by atoms with Crippen LogP contribution in [0.3, 0.4) is 0 Å². The van der Waals surface area contributed by atoms with Gasteiger partial charge in [-0.3, -0.25) is 9.55 Å². The zero-order valence-corrected chi connectivity index (χ0v) is 25.6. The van der Waals surface area contributed by atoms with E-state index in [0.29, 0.717) is 0 Å². The Bertz CT molecular complexity index is 2540. The Labute approximate surface area is 273 Å². The van der Waals surface area contributed by atoms with Gasteiger partial charge in [-0.2, -0.15) is 0 Å². The molecule has 9 rings (SSSR count). The highest BCUT2D eigenvalue weighted by Crippen LogP contribution is 2.45. The number of rotatable bonds is 5. The lowest BCUT2D eigenvalue weighted by Gasteiger charge is -2.18. The number of aromatic nitrogens is 3. The van der Waals surface area contributed by atoms with Gasteiger partial charge in [-0.1, -0.05) is 127 Å². The molecule has 0 amide bonds. The summed E-state index contributed by atoms with van der Waals surface area (Å²) in [4.78, 5) is 9.83. The fourth-order valence-electron chi connectivity index (χ4n) is 6.95. The summed E-state index contributed by atoms with van der Waals surface area (Å²) < 4.78 is 2.20. The molecule has 0 bridgehead atoms. The molecule has 0 aliphatic rings. The molecule has 9 aromatic rings. The van der Waals surface area contributed by atoms with Gasteiger partial charge in [-0.15, -0.1) is 0 Å². The third kappa shape index (κ3) is 4.60. The molecule has 0 saturated heterocycles. The van der Waals surface area contributed by atoms with E-state index >= 15 is 0 Å². The van der Waals surface area contributed by atoms with Gasteiger partial charge in [0.1, 0.15) is 5.69 Å². The van der Waals surface area contributed by atoms with Gasteiger partial charge in [-0.05, 0) is 97.4 Å². The Hall–Kier alpha value is -6.32. The van der Waals surface area contributed by atoms with E-state index in [2.05, 4.69) is 155 Å². The van der Waals surface area contributed by atoms with Crippen molar-refractivity contribution in [2.24, 2.45) is 0 Å². The second-order valence-electron chi connectivity index (χ2n) is 11.8. The van der Waals surface area contributed by atoms with Crippen LogP contribution in [0, 0.1) is 0 Å². The Kier molecular flexibility index (Phi) is 6.46. The lowest BCUT2D eigenvalue weighted by Crippen LogP contribution is -1.98. The van der Waals surface area contributed by atoms with E-state index in [4.69, 9.17) is 4.98 Å². The fraction of sp³-hybridized carbons (Fsp3) is 0. The normalized spacial score (nSPS) is 11.4. The van der Waals surface area contributed by atoms with Crippen molar-refractivity contribution in [3.8, 4) is 50.6 Å². The minimum atomic E-state index is 0.827. The van der Waals surface area contributed by atoms with Crippen LogP contribution in [0.25, 0.3) is 83.2 Å². The number of para-hydroxylation sites is 1. The van der Waals surface area contributed by atoms with Crippen molar-refractivity contribution in [1.29, 1.82) is 0 Å². The molecule has 0 fully saturated rings. The number of benzene rings is 7. The van der Waals surface area contributed by atoms with Crippen molar-refractivity contribution in [1.82, 2.24) is 14.5 Å². The summed E-state index contributed by atoms with van der Waals surface area (Å²) in [6, 6.07) is 60.2. The van der Waals surface area contributed by atoms with Crippen LogP contribution in [-0.4, -0.2) is 14.5 Å². The Morgan fingerprint density at radius 1 is 0.404 bits per heavy atom. The highest BCUT2D eigenvalue weighted by molar-refractivity contribution is 6.22. The second kappa shape index (κ2) is 11.2. The highest BCUT2D eigenvalue weighted by Gasteiger charge is 2.19. The van der Waals surface area contributed by atoms with Crippen LogP contribution >= 0.6 is 0 Å². The van der Waals surface area contributed by atoms with Crippen molar-refractivity contribution in [2.75, 3.05) is 0 Å². The molecule has 0 aliphatic heterocycles. The molecule has 0 saturated carbocycles. The summed E-state index contributed by atoms with van der Waals surface area (Å²) in [6.45, 7) is 0. The smallest absolute Gasteiger partial charge is 0.164 e. The first kappa shape index (κ1) is 27.0. The zero-order valence-electron chi connectivity index (χ0n) is 25.6. The van der Waals surface area contributed by atoms with Gasteiger partial charge in [-0.25, -0.2) is 4.98 Å². The first-order chi connectivity index (χ1) is 23.3. The van der Waals surface area contributed by atoms with Crippen LogP contribution < -0.4 is 0 Å². The largest absolute Gasteiger partial charge is 0.291 e. The summed E-state index contributed by atoms with van der Waals surface area (Å²) in [5.41, 5.74) is 11.1. The van der Waals surface area contributed by atoms with Crippen LogP contribution in [-0.2, 0) is 0 Å². The van der Waals surface area contributed by atoms with Crippen LogP contribution in [0.1, 0.15) is 0 Å². The number of imidazole rings is 1. The Morgan fingerprint density at radius 3 is 1.62 bits per heavy atom. The third-order valence-corrected chi connectivity index (χ3v) is 9.05. The molecular weight excluding hydrogens is 571 g/mol. The van der Waals surface area contributed by atoms with Crippen molar-refractivity contribution in [2.45, 2.75) is 0 Å². The second-order valence-corrected chi connectivity index (χ2v) is 11.8. The average molecular weight is 600 g/mol. The fourth-order valence-corrected chi connectivity index (χ4v) is 6.95. The number of fused-ring (bicyclic) bond motifs is 3. The number of hydrogen-bond donors (Lipinski definition) is 0. The molecule has 0 aliphatic carbocycles. The summed E-state index contributed by atoms with van der Waals surface area (Å²) >= 11 is 0. The summed E-state index contributed by atoms with van der Waals surface area (Å²) in [5.74, 6) is 0.827. The Balaban J connectivity index is 1.30. The number of nitrogens with zero attached hydrogens (tertiary/aromatic N) is 3. The van der Waals surface area contributed by atoms with Gasteiger partial charge in [0, 0.05) is 11.9 Å². The van der Waals surface area contributed by atoms with Gasteiger partial charge in [0.25, 0.3) is 0 Å². The predicted octanol–water partition coefficient (Wildman–Crippen LogP) is 11.4. The maximum absolute atomic E-state index is 5.17. The van der Waals surface area contributed by atoms with Crippen LogP contribution in [0.15, 0.2) is 176 Å². The molecule has 0 N–H and O–H groups in total. The highest BCUT2D eigenvalue weighted by atomic mass is 15.1. The van der Waals surface area contributed by atoms with E-state index in [1.807, 2.05) is 30.5 Å². The minimum Gasteiger partial charge on any atom is -0.291 e. The lowest BCUT2D eigenvalue weighted by molar-refractivity contribution is 1.08. The van der Waals surface area contributed by atoms with Crippen molar-refractivity contribution in [3.05, 3.63) is 176 Å².